The van der Waals surface area contributed by atoms with Gasteiger partial charge in [-0.3, -0.25) is 0 Å². The zero-order valence-corrected chi connectivity index (χ0v) is 15.2. The Hall–Kier alpha value is -1.82. The van der Waals surface area contributed by atoms with E-state index in [1.165, 1.54) is 0 Å². The van der Waals surface area contributed by atoms with Crippen molar-refractivity contribution >= 4 is 11.6 Å². The van der Waals surface area contributed by atoms with Crippen LogP contribution in [0.4, 0.5) is 10.1 Å². The van der Waals surface area contributed by atoms with Crippen LogP contribution in [0, 0.1) is 5.82 Å². The van der Waals surface area contributed by atoms with E-state index in [1.807, 2.05) is 24.0 Å². The largest absolute Gasteiger partial charge is 0.378 e. The molecule has 0 radical (unpaired) electrons. The first-order chi connectivity index (χ1) is 11.4. The standard InChI is InChI=1S/C18H29FN4O/c1-5-20-17(22-18(2,3)4)21-13-14-6-7-16(15(19)12-14)23-8-10-24-11-9-23/h6-7,12H,5,8-11,13H2,1-4H3,(H2,20,21,22). The number of aliphatic imine (C=N–C) groups is 1. The van der Waals surface area contributed by atoms with E-state index < -0.39 is 0 Å². The van der Waals surface area contributed by atoms with Gasteiger partial charge in [0.1, 0.15) is 5.82 Å². The van der Waals surface area contributed by atoms with Crippen LogP contribution in [0.3, 0.4) is 0 Å². The van der Waals surface area contributed by atoms with Crippen LogP contribution in [0.1, 0.15) is 33.3 Å². The van der Waals surface area contributed by atoms with Crippen molar-refractivity contribution in [2.45, 2.75) is 39.8 Å². The molecular weight excluding hydrogens is 307 g/mol. The molecule has 0 spiro atoms. The molecule has 1 saturated heterocycles. The molecule has 0 bridgehead atoms. The van der Waals surface area contributed by atoms with Gasteiger partial charge in [-0.1, -0.05) is 6.07 Å². The number of hydrogen-bond acceptors (Lipinski definition) is 3. The number of morpholine rings is 1. The Morgan fingerprint density at radius 1 is 1.29 bits per heavy atom. The van der Waals surface area contributed by atoms with Crippen LogP contribution < -0.4 is 15.5 Å². The predicted molar refractivity (Wildman–Crippen MR) is 97.1 cm³/mol. The van der Waals surface area contributed by atoms with Crippen molar-refractivity contribution in [3.05, 3.63) is 29.6 Å². The molecule has 5 nitrogen and oxygen atoms in total. The molecule has 1 aromatic rings. The topological polar surface area (TPSA) is 48.9 Å². The summed E-state index contributed by atoms with van der Waals surface area (Å²) in [6.45, 7) is 12.2. The molecule has 2 N–H and O–H groups in total. The molecule has 24 heavy (non-hydrogen) atoms. The molecule has 1 aliphatic rings. The lowest BCUT2D eigenvalue weighted by Gasteiger charge is -2.29. The van der Waals surface area contributed by atoms with E-state index in [9.17, 15) is 4.39 Å². The van der Waals surface area contributed by atoms with E-state index in [1.54, 1.807) is 6.07 Å². The molecule has 0 unspecified atom stereocenters. The van der Waals surface area contributed by atoms with Crippen LogP contribution in [0.5, 0.6) is 0 Å². The van der Waals surface area contributed by atoms with Crippen molar-refractivity contribution in [3.8, 4) is 0 Å². The lowest BCUT2D eigenvalue weighted by Crippen LogP contribution is -2.47. The van der Waals surface area contributed by atoms with Crippen molar-refractivity contribution in [1.82, 2.24) is 10.6 Å². The number of rotatable bonds is 4. The van der Waals surface area contributed by atoms with Crippen LogP contribution in [0.15, 0.2) is 23.2 Å². The lowest BCUT2D eigenvalue weighted by atomic mass is 10.1. The smallest absolute Gasteiger partial charge is 0.191 e. The molecule has 0 saturated carbocycles. The van der Waals surface area contributed by atoms with E-state index >= 15 is 0 Å². The fourth-order valence-electron chi connectivity index (χ4n) is 2.54. The van der Waals surface area contributed by atoms with E-state index in [-0.39, 0.29) is 11.4 Å². The summed E-state index contributed by atoms with van der Waals surface area (Å²) < 4.78 is 19.7. The van der Waals surface area contributed by atoms with Crippen molar-refractivity contribution in [3.63, 3.8) is 0 Å². The maximum absolute atomic E-state index is 14.4. The maximum Gasteiger partial charge on any atom is 0.191 e. The minimum absolute atomic E-state index is 0.0769. The Bertz CT molecular complexity index is 563. The third kappa shape index (κ3) is 5.67. The van der Waals surface area contributed by atoms with Gasteiger partial charge in [0.25, 0.3) is 0 Å². The summed E-state index contributed by atoms with van der Waals surface area (Å²) >= 11 is 0. The molecule has 2 rings (SSSR count). The second-order valence-electron chi connectivity index (χ2n) is 6.96. The highest BCUT2D eigenvalue weighted by Gasteiger charge is 2.15. The Kier molecular flexibility index (Phi) is 6.43. The minimum Gasteiger partial charge on any atom is -0.378 e. The van der Waals surface area contributed by atoms with E-state index in [4.69, 9.17) is 4.74 Å². The summed E-state index contributed by atoms with van der Waals surface area (Å²) in [6.07, 6.45) is 0. The number of nitrogens with one attached hydrogen (secondary N) is 2. The van der Waals surface area contributed by atoms with Gasteiger partial charge in [-0.2, -0.15) is 0 Å². The van der Waals surface area contributed by atoms with Crippen molar-refractivity contribution < 1.29 is 9.13 Å². The van der Waals surface area contributed by atoms with Crippen molar-refractivity contribution in [2.24, 2.45) is 4.99 Å². The highest BCUT2D eigenvalue weighted by Crippen LogP contribution is 2.22. The number of halogens is 1. The van der Waals surface area contributed by atoms with Gasteiger partial charge in [0.05, 0.1) is 25.4 Å². The van der Waals surface area contributed by atoms with Gasteiger partial charge in [-0.15, -0.1) is 0 Å². The highest BCUT2D eigenvalue weighted by atomic mass is 19.1. The molecule has 0 aromatic heterocycles. The quantitative estimate of drug-likeness (QED) is 0.655. The zero-order valence-electron chi connectivity index (χ0n) is 15.2. The Morgan fingerprint density at radius 2 is 2.00 bits per heavy atom. The highest BCUT2D eigenvalue weighted by molar-refractivity contribution is 5.80. The molecule has 1 heterocycles. The summed E-state index contributed by atoms with van der Waals surface area (Å²) in [6, 6.07) is 5.36. The molecule has 0 amide bonds. The lowest BCUT2D eigenvalue weighted by molar-refractivity contribution is 0.122. The normalized spacial score (nSPS) is 16.2. The Balaban J connectivity index is 2.06. The second-order valence-corrected chi connectivity index (χ2v) is 6.96. The number of ether oxygens (including phenoxy) is 1. The van der Waals surface area contributed by atoms with E-state index in [0.29, 0.717) is 25.4 Å². The molecular formula is C18H29FN4O. The first-order valence-corrected chi connectivity index (χ1v) is 8.56. The summed E-state index contributed by atoms with van der Waals surface area (Å²) in [7, 11) is 0. The number of benzene rings is 1. The average molecular weight is 336 g/mol. The maximum atomic E-state index is 14.4. The molecule has 0 aliphatic carbocycles. The SMILES string of the molecule is CCNC(=NCc1ccc(N2CCOCC2)c(F)c1)NC(C)(C)C. The van der Waals surface area contributed by atoms with E-state index in [0.717, 1.165) is 31.2 Å². The van der Waals surface area contributed by atoms with Crippen LogP contribution in [0.25, 0.3) is 0 Å². The van der Waals surface area contributed by atoms with Gasteiger partial charge in [0.15, 0.2) is 5.96 Å². The number of nitrogens with zero attached hydrogens (tertiary/aromatic N) is 2. The summed E-state index contributed by atoms with van der Waals surface area (Å²) in [5.41, 5.74) is 1.42. The van der Waals surface area contributed by atoms with Gasteiger partial charge >= 0.3 is 0 Å². The third-order valence-electron chi connectivity index (χ3n) is 3.62. The first kappa shape index (κ1) is 18.5. The third-order valence-corrected chi connectivity index (χ3v) is 3.62. The molecule has 0 atom stereocenters. The Labute approximate surface area is 144 Å². The molecule has 1 fully saturated rings. The van der Waals surface area contributed by atoms with Gasteiger partial charge in [-0.05, 0) is 45.4 Å². The van der Waals surface area contributed by atoms with Gasteiger partial charge in [0.2, 0.25) is 0 Å². The number of hydrogen-bond donors (Lipinski definition) is 2. The van der Waals surface area contributed by atoms with E-state index in [2.05, 4.69) is 36.4 Å². The predicted octanol–water partition coefficient (Wildman–Crippen LogP) is 2.52. The summed E-state index contributed by atoms with van der Waals surface area (Å²) in [5, 5.41) is 6.54. The van der Waals surface area contributed by atoms with Crippen LogP contribution >= 0.6 is 0 Å². The van der Waals surface area contributed by atoms with Gasteiger partial charge in [0, 0.05) is 25.2 Å². The molecule has 1 aliphatic heterocycles. The zero-order chi connectivity index (χ0) is 17.6. The monoisotopic (exact) mass is 336 g/mol. The van der Waals surface area contributed by atoms with Crippen molar-refractivity contribution in [2.75, 3.05) is 37.7 Å². The Morgan fingerprint density at radius 3 is 2.58 bits per heavy atom. The molecule has 6 heteroatoms. The van der Waals surface area contributed by atoms with Crippen LogP contribution in [0.2, 0.25) is 0 Å². The average Bonchev–Trinajstić information content (AvgIpc) is 2.52. The summed E-state index contributed by atoms with van der Waals surface area (Å²) in [5.74, 6) is 0.543. The molecule has 134 valence electrons. The fourth-order valence-corrected chi connectivity index (χ4v) is 2.54. The molecule has 1 aromatic carbocycles. The fraction of sp³-hybridized carbons (Fsp3) is 0.611. The van der Waals surface area contributed by atoms with Gasteiger partial charge in [-0.25, -0.2) is 9.38 Å². The van der Waals surface area contributed by atoms with Crippen molar-refractivity contribution in [1.29, 1.82) is 0 Å². The first-order valence-electron chi connectivity index (χ1n) is 8.56. The van der Waals surface area contributed by atoms with Crippen LogP contribution in [-0.2, 0) is 11.3 Å². The van der Waals surface area contributed by atoms with Crippen LogP contribution in [-0.4, -0.2) is 44.3 Å². The number of anilines is 1. The number of guanidine groups is 1. The minimum atomic E-state index is -0.196. The summed E-state index contributed by atoms with van der Waals surface area (Å²) in [4.78, 5) is 6.57. The van der Waals surface area contributed by atoms with Gasteiger partial charge < -0.3 is 20.3 Å². The second kappa shape index (κ2) is 8.33.